The summed E-state index contributed by atoms with van der Waals surface area (Å²) in [6.45, 7) is 6.93. The lowest BCUT2D eigenvalue weighted by Gasteiger charge is -2.39. The van der Waals surface area contributed by atoms with Gasteiger partial charge < -0.3 is 29.9 Å². The van der Waals surface area contributed by atoms with Gasteiger partial charge in [-0.3, -0.25) is 14.9 Å². The first-order valence-corrected chi connectivity index (χ1v) is 11.5. The number of carbonyl (C=O) groups excluding carboxylic acids is 2. The van der Waals surface area contributed by atoms with Crippen molar-refractivity contribution < 1.29 is 43.8 Å². The zero-order valence-corrected chi connectivity index (χ0v) is 20.8. The fraction of sp³-hybridized carbons (Fsp3) is 0.231. The summed E-state index contributed by atoms with van der Waals surface area (Å²) in [7, 11) is 0. The number of hydrogen-bond donors (Lipinski definition) is 3. The van der Waals surface area contributed by atoms with Gasteiger partial charge in [-0.15, -0.1) is 13.2 Å². The highest BCUT2D eigenvalue weighted by molar-refractivity contribution is 5.87. The van der Waals surface area contributed by atoms with Crippen LogP contribution in [0.25, 0.3) is 0 Å². The normalized spacial score (nSPS) is 11.8. The minimum absolute atomic E-state index is 0.0251. The molecule has 0 radical (unpaired) electrons. The summed E-state index contributed by atoms with van der Waals surface area (Å²) in [6, 6.07) is 10.1. The molecular weight excluding hydrogens is 514 g/mol. The van der Waals surface area contributed by atoms with E-state index in [1.807, 2.05) is 0 Å². The van der Waals surface area contributed by atoms with Gasteiger partial charge in [0.05, 0.1) is 4.92 Å². The molecule has 13 nitrogen and oxygen atoms in total. The summed E-state index contributed by atoms with van der Waals surface area (Å²) >= 11 is 0. The van der Waals surface area contributed by atoms with Gasteiger partial charge in [-0.1, -0.05) is 24.3 Å². The van der Waals surface area contributed by atoms with Crippen LogP contribution >= 0.6 is 0 Å². The second kappa shape index (κ2) is 13.9. The summed E-state index contributed by atoms with van der Waals surface area (Å²) in [5.74, 6) is -2.41. The van der Waals surface area contributed by atoms with Gasteiger partial charge in [0, 0.05) is 31.6 Å². The van der Waals surface area contributed by atoms with Crippen LogP contribution in [0.5, 0.6) is 11.5 Å². The number of carboxylic acids is 2. The Morgan fingerprint density at radius 2 is 1.54 bits per heavy atom. The van der Waals surface area contributed by atoms with Crippen molar-refractivity contribution in [1.82, 2.24) is 10.2 Å². The smallest absolute Gasteiger partial charge is 0.481 e. The summed E-state index contributed by atoms with van der Waals surface area (Å²) in [5.41, 5.74) is -1.44. The molecule has 0 aliphatic rings. The monoisotopic (exact) mass is 541 g/mol. The quantitative estimate of drug-likeness (QED) is 0.103. The Morgan fingerprint density at radius 1 is 0.974 bits per heavy atom. The Kier molecular flexibility index (Phi) is 10.7. The van der Waals surface area contributed by atoms with E-state index in [1.54, 1.807) is 12.1 Å². The van der Waals surface area contributed by atoms with Gasteiger partial charge in [-0.25, -0.2) is 14.4 Å². The average molecular weight is 542 g/mol. The van der Waals surface area contributed by atoms with Crippen LogP contribution in [0.1, 0.15) is 24.8 Å². The lowest BCUT2D eigenvalue weighted by atomic mass is 9.87. The molecule has 0 fully saturated rings. The van der Waals surface area contributed by atoms with Crippen LogP contribution in [0.15, 0.2) is 73.8 Å². The maximum atomic E-state index is 13.0. The molecule has 0 heterocycles. The molecule has 2 aromatic carbocycles. The SMILES string of the molecule is C=CCN(C(=O)NCc1ccc(OC(=O)Oc2ccc([N+](=O)[O-])cc2)cc1)[C@@](CC=C)(CCC(=O)O)C(=O)O. The molecule has 0 spiro atoms. The van der Waals surface area contributed by atoms with Crippen molar-refractivity contribution >= 4 is 29.8 Å². The van der Waals surface area contributed by atoms with Crippen LogP contribution in [0, 0.1) is 10.1 Å². The van der Waals surface area contributed by atoms with Crippen molar-refractivity contribution in [1.29, 1.82) is 0 Å². The number of nitrogens with one attached hydrogen (secondary N) is 1. The highest BCUT2D eigenvalue weighted by atomic mass is 16.7. The molecule has 13 heteroatoms. The van der Waals surface area contributed by atoms with Crippen molar-refractivity contribution in [2.24, 2.45) is 0 Å². The van der Waals surface area contributed by atoms with E-state index in [9.17, 15) is 34.4 Å². The number of urea groups is 1. The number of amides is 2. The van der Waals surface area contributed by atoms with Gasteiger partial charge in [0.1, 0.15) is 17.0 Å². The average Bonchev–Trinajstić information content (AvgIpc) is 2.89. The molecule has 3 N–H and O–H groups in total. The molecule has 0 bridgehead atoms. The highest BCUT2D eigenvalue weighted by Gasteiger charge is 2.45. The summed E-state index contributed by atoms with van der Waals surface area (Å²) in [5, 5.41) is 32.3. The van der Waals surface area contributed by atoms with Crippen LogP contribution in [0.3, 0.4) is 0 Å². The Hall–Kier alpha value is -5.20. The number of carboxylic acid groups (broad SMARTS) is 2. The maximum Gasteiger partial charge on any atom is 0.519 e. The lowest BCUT2D eigenvalue weighted by Crippen LogP contribution is -2.59. The summed E-state index contributed by atoms with van der Waals surface area (Å²) in [6.07, 6.45) is 0.577. The fourth-order valence-corrected chi connectivity index (χ4v) is 3.59. The van der Waals surface area contributed by atoms with E-state index in [4.69, 9.17) is 14.6 Å². The van der Waals surface area contributed by atoms with E-state index in [-0.39, 0.29) is 43.1 Å². The minimum atomic E-state index is -1.85. The Labute approximate surface area is 223 Å². The number of nitro groups is 1. The van der Waals surface area contributed by atoms with E-state index in [0.29, 0.717) is 5.56 Å². The van der Waals surface area contributed by atoms with E-state index >= 15 is 0 Å². The molecule has 0 aliphatic carbocycles. The van der Waals surface area contributed by atoms with E-state index in [2.05, 4.69) is 18.5 Å². The fourth-order valence-electron chi connectivity index (χ4n) is 3.59. The molecule has 2 aromatic rings. The molecule has 0 saturated carbocycles. The van der Waals surface area contributed by atoms with Crippen molar-refractivity contribution in [2.45, 2.75) is 31.3 Å². The van der Waals surface area contributed by atoms with Gasteiger partial charge in [-0.05, 0) is 42.7 Å². The van der Waals surface area contributed by atoms with Crippen LogP contribution < -0.4 is 14.8 Å². The predicted octanol–water partition coefficient (Wildman–Crippen LogP) is 4.13. The Balaban J connectivity index is 2.04. The second-order valence-corrected chi connectivity index (χ2v) is 8.13. The van der Waals surface area contributed by atoms with E-state index in [1.165, 1.54) is 48.6 Å². The molecule has 2 amide bonds. The van der Waals surface area contributed by atoms with Crippen LogP contribution in [0.2, 0.25) is 0 Å². The van der Waals surface area contributed by atoms with Crippen molar-refractivity contribution in [3.05, 3.63) is 89.5 Å². The standard InChI is InChI=1S/C26H27N3O10/c1-3-14-26(23(32)33,15-13-22(30)31)28(16-4-2)24(34)27-17-18-5-9-20(10-6-18)38-25(35)39-21-11-7-19(8-12-21)29(36)37/h3-12H,1-2,13-17H2,(H,27,34)(H,30,31)(H,32,33)/t26-/m0/s1. The van der Waals surface area contributed by atoms with Gasteiger partial charge in [0.2, 0.25) is 0 Å². The molecule has 39 heavy (non-hydrogen) atoms. The largest absolute Gasteiger partial charge is 0.519 e. The van der Waals surface area contributed by atoms with Crippen LogP contribution in [0.4, 0.5) is 15.3 Å². The first-order chi connectivity index (χ1) is 18.5. The Bertz CT molecular complexity index is 1230. The van der Waals surface area contributed by atoms with E-state index < -0.39 is 41.0 Å². The van der Waals surface area contributed by atoms with Gasteiger partial charge in [0.15, 0.2) is 0 Å². The number of nitrogens with zero attached hydrogens (tertiary/aromatic N) is 2. The van der Waals surface area contributed by atoms with Gasteiger partial charge >= 0.3 is 24.1 Å². The van der Waals surface area contributed by atoms with Crippen molar-refractivity contribution in [3.63, 3.8) is 0 Å². The summed E-state index contributed by atoms with van der Waals surface area (Å²) < 4.78 is 10.0. The van der Waals surface area contributed by atoms with Gasteiger partial charge in [0.25, 0.3) is 5.69 Å². The number of aliphatic carboxylic acids is 2. The number of benzene rings is 2. The second-order valence-electron chi connectivity index (χ2n) is 8.13. The maximum absolute atomic E-state index is 13.0. The first kappa shape index (κ1) is 30.0. The summed E-state index contributed by atoms with van der Waals surface area (Å²) in [4.78, 5) is 59.5. The molecule has 2 rings (SSSR count). The lowest BCUT2D eigenvalue weighted by molar-refractivity contribution is -0.384. The number of nitro benzene ring substituents is 1. The zero-order chi connectivity index (χ0) is 29.0. The third-order valence-electron chi connectivity index (χ3n) is 5.52. The molecular formula is C26H27N3O10. The van der Waals surface area contributed by atoms with Crippen LogP contribution in [-0.4, -0.2) is 56.2 Å². The molecule has 0 unspecified atom stereocenters. The third kappa shape index (κ3) is 8.42. The topological polar surface area (TPSA) is 186 Å². The molecule has 0 aliphatic heterocycles. The molecule has 0 aromatic heterocycles. The molecule has 206 valence electrons. The van der Waals surface area contributed by atoms with Gasteiger partial charge in [-0.2, -0.15) is 0 Å². The van der Waals surface area contributed by atoms with E-state index in [0.717, 1.165) is 4.90 Å². The first-order valence-electron chi connectivity index (χ1n) is 11.5. The number of ether oxygens (including phenoxy) is 2. The zero-order valence-electron chi connectivity index (χ0n) is 20.8. The highest BCUT2D eigenvalue weighted by Crippen LogP contribution is 2.28. The van der Waals surface area contributed by atoms with Crippen LogP contribution in [-0.2, 0) is 16.1 Å². The Morgan fingerprint density at radius 3 is 2.00 bits per heavy atom. The molecule has 1 atom stereocenters. The predicted molar refractivity (Wildman–Crippen MR) is 137 cm³/mol. The number of hydrogen-bond acceptors (Lipinski definition) is 8. The number of non-ortho nitro benzene ring substituents is 1. The van der Waals surface area contributed by atoms with Crippen molar-refractivity contribution in [2.75, 3.05) is 6.54 Å². The third-order valence-corrected chi connectivity index (χ3v) is 5.52. The number of carbonyl (C=O) groups is 4. The molecule has 0 saturated heterocycles. The number of rotatable bonds is 14. The van der Waals surface area contributed by atoms with Crippen molar-refractivity contribution in [3.8, 4) is 11.5 Å². The minimum Gasteiger partial charge on any atom is -0.481 e.